The Balaban J connectivity index is 1.87. The van der Waals surface area contributed by atoms with Crippen LogP contribution in [0, 0.1) is 0 Å². The second-order valence-corrected chi connectivity index (χ2v) is 8.76. The van der Waals surface area contributed by atoms with Crippen LogP contribution in [0.2, 0.25) is 10.0 Å². The number of ether oxygens (including phenoxy) is 1. The minimum absolute atomic E-state index is 0.195. The lowest BCUT2D eigenvalue weighted by Crippen LogP contribution is -2.51. The molecule has 0 aliphatic heterocycles. The standard InChI is InChI=1S/C27H28Cl2N2O3/c1-2-16-30-27(33)25(17-20-6-4-3-5-7-20)31(18-21-8-10-22(28)11-9-21)26(32)19-34-24-14-12-23(29)13-15-24/h3-15,25H,2,16-19H2,1H3,(H,30,33)/t25-/m0/s1. The molecule has 0 aliphatic rings. The topological polar surface area (TPSA) is 58.6 Å². The highest BCUT2D eigenvalue weighted by Gasteiger charge is 2.30. The Bertz CT molecular complexity index is 1060. The van der Waals surface area contributed by atoms with E-state index in [-0.39, 0.29) is 25.0 Å². The summed E-state index contributed by atoms with van der Waals surface area (Å²) < 4.78 is 5.72. The molecule has 1 atom stereocenters. The van der Waals surface area contributed by atoms with Crippen LogP contribution >= 0.6 is 23.2 Å². The number of nitrogens with zero attached hydrogens (tertiary/aromatic N) is 1. The molecule has 0 aromatic heterocycles. The monoisotopic (exact) mass is 498 g/mol. The first-order valence-electron chi connectivity index (χ1n) is 11.2. The maximum absolute atomic E-state index is 13.4. The van der Waals surface area contributed by atoms with Crippen molar-refractivity contribution in [2.24, 2.45) is 0 Å². The number of hydrogen-bond acceptors (Lipinski definition) is 3. The summed E-state index contributed by atoms with van der Waals surface area (Å²) in [5, 5.41) is 4.14. The molecular formula is C27H28Cl2N2O3. The first kappa shape index (κ1) is 25.6. The summed E-state index contributed by atoms with van der Waals surface area (Å²) in [6.07, 6.45) is 1.19. The Hall–Kier alpha value is -3.02. The van der Waals surface area contributed by atoms with Crippen molar-refractivity contribution in [2.45, 2.75) is 32.4 Å². The number of rotatable bonds is 11. The summed E-state index contributed by atoms with van der Waals surface area (Å²) in [6.45, 7) is 2.57. The fraction of sp³-hybridized carbons (Fsp3) is 0.259. The summed E-state index contributed by atoms with van der Waals surface area (Å²) in [6, 6.07) is 23.0. The molecule has 0 saturated heterocycles. The second kappa shape index (κ2) is 13.0. The molecule has 34 heavy (non-hydrogen) atoms. The van der Waals surface area contributed by atoms with Crippen molar-refractivity contribution < 1.29 is 14.3 Å². The van der Waals surface area contributed by atoms with Crippen LogP contribution in [0.15, 0.2) is 78.9 Å². The van der Waals surface area contributed by atoms with Gasteiger partial charge in [0.1, 0.15) is 11.8 Å². The van der Waals surface area contributed by atoms with E-state index in [9.17, 15) is 9.59 Å². The second-order valence-electron chi connectivity index (χ2n) is 7.89. The van der Waals surface area contributed by atoms with E-state index in [1.807, 2.05) is 49.4 Å². The summed E-state index contributed by atoms with van der Waals surface area (Å²) >= 11 is 12.0. The number of carbonyl (C=O) groups is 2. The van der Waals surface area contributed by atoms with Gasteiger partial charge >= 0.3 is 0 Å². The maximum atomic E-state index is 13.4. The average Bonchev–Trinajstić information content (AvgIpc) is 2.86. The van der Waals surface area contributed by atoms with Gasteiger partial charge in [0.2, 0.25) is 5.91 Å². The van der Waals surface area contributed by atoms with Gasteiger partial charge in [0.15, 0.2) is 6.61 Å². The maximum Gasteiger partial charge on any atom is 0.261 e. The van der Waals surface area contributed by atoms with Gasteiger partial charge in [-0.25, -0.2) is 0 Å². The van der Waals surface area contributed by atoms with Gasteiger partial charge < -0.3 is 15.0 Å². The zero-order valence-corrected chi connectivity index (χ0v) is 20.6. The molecule has 0 radical (unpaired) electrons. The van der Waals surface area contributed by atoms with Crippen LogP contribution in [-0.4, -0.2) is 35.9 Å². The average molecular weight is 499 g/mol. The molecule has 0 fully saturated rings. The van der Waals surface area contributed by atoms with Crippen molar-refractivity contribution in [3.05, 3.63) is 100 Å². The molecular weight excluding hydrogens is 471 g/mol. The van der Waals surface area contributed by atoms with E-state index < -0.39 is 6.04 Å². The van der Waals surface area contributed by atoms with E-state index in [0.717, 1.165) is 17.5 Å². The van der Waals surface area contributed by atoms with Crippen molar-refractivity contribution in [2.75, 3.05) is 13.2 Å². The van der Waals surface area contributed by atoms with Crippen LogP contribution in [0.25, 0.3) is 0 Å². The van der Waals surface area contributed by atoms with Gasteiger partial charge in [-0.2, -0.15) is 0 Å². The molecule has 178 valence electrons. The van der Waals surface area contributed by atoms with Gasteiger partial charge in [-0.05, 0) is 53.9 Å². The number of amides is 2. The highest BCUT2D eigenvalue weighted by Crippen LogP contribution is 2.19. The molecule has 0 unspecified atom stereocenters. The third-order valence-electron chi connectivity index (χ3n) is 5.26. The van der Waals surface area contributed by atoms with E-state index in [4.69, 9.17) is 27.9 Å². The molecule has 2 amide bonds. The van der Waals surface area contributed by atoms with Crippen LogP contribution in [0.4, 0.5) is 0 Å². The molecule has 3 aromatic carbocycles. The zero-order chi connectivity index (χ0) is 24.3. The molecule has 0 aliphatic carbocycles. The normalized spacial score (nSPS) is 11.5. The van der Waals surface area contributed by atoms with Gasteiger partial charge in [-0.1, -0.05) is 72.6 Å². The number of halogens is 2. The van der Waals surface area contributed by atoms with Gasteiger partial charge in [-0.15, -0.1) is 0 Å². The lowest BCUT2D eigenvalue weighted by Gasteiger charge is -2.31. The fourth-order valence-electron chi connectivity index (χ4n) is 3.47. The van der Waals surface area contributed by atoms with Crippen molar-refractivity contribution >= 4 is 35.0 Å². The zero-order valence-electron chi connectivity index (χ0n) is 19.0. The number of nitrogens with one attached hydrogen (secondary N) is 1. The first-order valence-corrected chi connectivity index (χ1v) is 12.0. The number of hydrogen-bond donors (Lipinski definition) is 1. The molecule has 3 rings (SSSR count). The molecule has 0 saturated carbocycles. The van der Waals surface area contributed by atoms with Gasteiger partial charge in [0, 0.05) is 29.6 Å². The molecule has 0 bridgehead atoms. The third kappa shape index (κ3) is 7.79. The third-order valence-corrected chi connectivity index (χ3v) is 5.77. The molecule has 0 spiro atoms. The number of benzene rings is 3. The highest BCUT2D eigenvalue weighted by molar-refractivity contribution is 6.30. The van der Waals surface area contributed by atoms with Crippen LogP contribution in [-0.2, 0) is 22.6 Å². The summed E-state index contributed by atoms with van der Waals surface area (Å²) in [7, 11) is 0. The van der Waals surface area contributed by atoms with Crippen LogP contribution in [0.5, 0.6) is 5.75 Å². The molecule has 5 nitrogen and oxygen atoms in total. The minimum atomic E-state index is -0.703. The van der Waals surface area contributed by atoms with Crippen molar-refractivity contribution in [1.29, 1.82) is 0 Å². The van der Waals surface area contributed by atoms with Gasteiger partial charge in [0.25, 0.3) is 5.91 Å². The Labute approximate surface area is 210 Å². The van der Waals surface area contributed by atoms with E-state index in [0.29, 0.717) is 28.8 Å². The predicted octanol–water partition coefficient (Wildman–Crippen LogP) is 5.54. The summed E-state index contributed by atoms with van der Waals surface area (Å²) in [4.78, 5) is 28.2. The largest absolute Gasteiger partial charge is 0.484 e. The van der Waals surface area contributed by atoms with Crippen molar-refractivity contribution in [3.8, 4) is 5.75 Å². The summed E-state index contributed by atoms with van der Waals surface area (Å²) in [5.41, 5.74) is 1.83. The van der Waals surface area contributed by atoms with E-state index in [1.165, 1.54) is 0 Å². The number of carbonyl (C=O) groups excluding carboxylic acids is 2. The van der Waals surface area contributed by atoms with Crippen LogP contribution in [0.1, 0.15) is 24.5 Å². The van der Waals surface area contributed by atoms with E-state index in [2.05, 4.69) is 5.32 Å². The highest BCUT2D eigenvalue weighted by atomic mass is 35.5. The van der Waals surface area contributed by atoms with Crippen molar-refractivity contribution in [1.82, 2.24) is 10.2 Å². The van der Waals surface area contributed by atoms with Crippen molar-refractivity contribution in [3.63, 3.8) is 0 Å². The Morgan fingerprint density at radius 1 is 0.882 bits per heavy atom. The van der Waals surface area contributed by atoms with E-state index in [1.54, 1.807) is 41.3 Å². The van der Waals surface area contributed by atoms with Crippen LogP contribution in [0.3, 0.4) is 0 Å². The predicted molar refractivity (Wildman–Crippen MR) is 136 cm³/mol. The smallest absolute Gasteiger partial charge is 0.261 e. The quantitative estimate of drug-likeness (QED) is 0.377. The van der Waals surface area contributed by atoms with Gasteiger partial charge in [0.05, 0.1) is 0 Å². The Morgan fingerprint density at radius 2 is 1.50 bits per heavy atom. The molecule has 1 N–H and O–H groups in total. The molecule has 0 heterocycles. The summed E-state index contributed by atoms with van der Waals surface area (Å²) in [5.74, 6) is 0.0382. The SMILES string of the molecule is CCCNC(=O)[C@H](Cc1ccccc1)N(Cc1ccc(Cl)cc1)C(=O)COc1ccc(Cl)cc1. The lowest BCUT2D eigenvalue weighted by molar-refractivity contribution is -0.142. The minimum Gasteiger partial charge on any atom is -0.484 e. The molecule has 3 aromatic rings. The lowest BCUT2D eigenvalue weighted by atomic mass is 10.0. The van der Waals surface area contributed by atoms with Gasteiger partial charge in [-0.3, -0.25) is 9.59 Å². The first-order chi connectivity index (χ1) is 16.5. The molecule has 7 heteroatoms. The van der Waals surface area contributed by atoms with Crippen LogP contribution < -0.4 is 10.1 Å². The van der Waals surface area contributed by atoms with E-state index >= 15 is 0 Å². The Morgan fingerprint density at radius 3 is 2.12 bits per heavy atom. The Kier molecular flexibility index (Phi) is 9.80. The fourth-order valence-corrected chi connectivity index (χ4v) is 3.72.